The van der Waals surface area contributed by atoms with Crippen LogP contribution in [0.25, 0.3) is 0 Å². The van der Waals surface area contributed by atoms with Gasteiger partial charge in [0.05, 0.1) is 18.8 Å². The Morgan fingerprint density at radius 3 is 2.71 bits per heavy atom. The molecular formula is C14H21N3O4. The summed E-state index contributed by atoms with van der Waals surface area (Å²) in [6.45, 7) is 2.25. The number of rotatable bonds is 8. The number of nitrogens with one attached hydrogen (secondary N) is 2. The second-order valence-electron chi connectivity index (χ2n) is 4.68. The Morgan fingerprint density at radius 1 is 1.29 bits per heavy atom. The van der Waals surface area contributed by atoms with Gasteiger partial charge in [0.1, 0.15) is 0 Å². The molecule has 1 rings (SSSR count). The van der Waals surface area contributed by atoms with E-state index >= 15 is 0 Å². The summed E-state index contributed by atoms with van der Waals surface area (Å²) in [5.41, 5.74) is 0.556. The third-order valence-corrected chi connectivity index (χ3v) is 2.58. The lowest BCUT2D eigenvalue weighted by Crippen LogP contribution is -2.32. The Hall–Kier alpha value is -2.12. The molecule has 0 heterocycles. The maximum Gasteiger partial charge on any atom is 0.335 e. The lowest BCUT2D eigenvalue weighted by atomic mass is 10.2. The van der Waals surface area contributed by atoms with Crippen molar-refractivity contribution in [3.8, 4) is 0 Å². The van der Waals surface area contributed by atoms with Crippen LogP contribution in [-0.2, 0) is 4.74 Å². The Bertz CT molecular complexity index is 477. The highest BCUT2D eigenvalue weighted by molar-refractivity contribution is 5.93. The molecule has 0 fully saturated rings. The monoisotopic (exact) mass is 295 g/mol. The maximum atomic E-state index is 11.6. The van der Waals surface area contributed by atoms with E-state index in [1.807, 2.05) is 19.0 Å². The van der Waals surface area contributed by atoms with Crippen LogP contribution in [0, 0.1) is 0 Å². The van der Waals surface area contributed by atoms with Crippen molar-refractivity contribution in [3.05, 3.63) is 29.8 Å². The summed E-state index contributed by atoms with van der Waals surface area (Å²) in [5, 5.41) is 14.1. The van der Waals surface area contributed by atoms with Gasteiger partial charge < -0.3 is 25.4 Å². The molecule has 3 N–H and O–H groups in total. The molecule has 7 nitrogen and oxygen atoms in total. The number of anilines is 1. The Balaban J connectivity index is 2.24. The second kappa shape index (κ2) is 8.93. The first-order valence-electron chi connectivity index (χ1n) is 6.59. The number of likely N-dealkylation sites (N-methyl/N-ethyl adjacent to an activating group) is 1. The van der Waals surface area contributed by atoms with Crippen molar-refractivity contribution in [1.29, 1.82) is 0 Å². The number of carboxylic acids is 1. The van der Waals surface area contributed by atoms with E-state index in [0.29, 0.717) is 25.4 Å². The molecule has 0 aliphatic carbocycles. The van der Waals surface area contributed by atoms with Crippen LogP contribution >= 0.6 is 0 Å². The molecule has 0 saturated heterocycles. The summed E-state index contributed by atoms with van der Waals surface area (Å²) in [6, 6.07) is 5.66. The fourth-order valence-electron chi connectivity index (χ4n) is 1.49. The van der Waals surface area contributed by atoms with Crippen molar-refractivity contribution >= 4 is 17.7 Å². The molecule has 0 aliphatic heterocycles. The normalized spacial score (nSPS) is 10.4. The zero-order chi connectivity index (χ0) is 15.7. The van der Waals surface area contributed by atoms with Gasteiger partial charge in [-0.15, -0.1) is 0 Å². The van der Waals surface area contributed by atoms with Gasteiger partial charge in [0.15, 0.2) is 0 Å². The average Bonchev–Trinajstić information content (AvgIpc) is 2.42. The molecule has 0 spiro atoms. The van der Waals surface area contributed by atoms with Gasteiger partial charge in [-0.2, -0.15) is 0 Å². The predicted octanol–water partition coefficient (Wildman–Crippen LogP) is 1.08. The number of hydrogen-bond donors (Lipinski definition) is 3. The standard InChI is InChI=1S/C14H21N3O4/c1-17(2)7-9-21-8-6-15-14(20)16-12-5-3-4-11(10-12)13(18)19/h3-5,10H,6-9H2,1-2H3,(H,18,19)(H2,15,16,20). The lowest BCUT2D eigenvalue weighted by molar-refractivity contribution is 0.0697. The fraction of sp³-hybridized carbons (Fsp3) is 0.429. The summed E-state index contributed by atoms with van der Waals surface area (Å²) in [4.78, 5) is 24.4. The third kappa shape index (κ3) is 7.28. The topological polar surface area (TPSA) is 90.9 Å². The molecule has 1 aromatic carbocycles. The predicted molar refractivity (Wildman–Crippen MR) is 79.8 cm³/mol. The van der Waals surface area contributed by atoms with Crippen LogP contribution in [0.5, 0.6) is 0 Å². The van der Waals surface area contributed by atoms with Crippen LogP contribution in [0.15, 0.2) is 24.3 Å². The van der Waals surface area contributed by atoms with Crippen molar-refractivity contribution in [3.63, 3.8) is 0 Å². The van der Waals surface area contributed by atoms with Gasteiger partial charge >= 0.3 is 12.0 Å². The number of urea groups is 1. The largest absolute Gasteiger partial charge is 0.478 e. The first-order valence-corrected chi connectivity index (χ1v) is 6.59. The third-order valence-electron chi connectivity index (χ3n) is 2.58. The molecule has 0 atom stereocenters. The first-order chi connectivity index (χ1) is 9.99. The molecule has 1 aromatic rings. The summed E-state index contributed by atoms with van der Waals surface area (Å²) in [7, 11) is 3.92. The van der Waals surface area contributed by atoms with E-state index in [1.54, 1.807) is 12.1 Å². The van der Waals surface area contributed by atoms with Crippen LogP contribution in [-0.4, -0.2) is 62.4 Å². The van der Waals surface area contributed by atoms with Gasteiger partial charge in [-0.25, -0.2) is 9.59 Å². The summed E-state index contributed by atoms with van der Waals surface area (Å²) in [6.07, 6.45) is 0. The molecule has 0 radical (unpaired) electrons. The van der Waals surface area contributed by atoms with E-state index in [4.69, 9.17) is 9.84 Å². The highest BCUT2D eigenvalue weighted by Gasteiger charge is 2.05. The number of aromatic carboxylic acids is 1. The van der Waals surface area contributed by atoms with Crippen molar-refractivity contribution in [2.24, 2.45) is 0 Å². The van der Waals surface area contributed by atoms with E-state index in [1.165, 1.54) is 12.1 Å². The second-order valence-corrected chi connectivity index (χ2v) is 4.68. The fourth-order valence-corrected chi connectivity index (χ4v) is 1.49. The molecule has 116 valence electrons. The van der Waals surface area contributed by atoms with Crippen molar-refractivity contribution in [1.82, 2.24) is 10.2 Å². The van der Waals surface area contributed by atoms with Gasteiger partial charge in [0, 0.05) is 18.8 Å². The zero-order valence-corrected chi connectivity index (χ0v) is 12.3. The van der Waals surface area contributed by atoms with Gasteiger partial charge in [0.25, 0.3) is 0 Å². The Kier molecular flexibility index (Phi) is 7.20. The quantitative estimate of drug-likeness (QED) is 0.624. The minimum atomic E-state index is -1.03. The van der Waals surface area contributed by atoms with E-state index < -0.39 is 12.0 Å². The summed E-state index contributed by atoms with van der Waals surface area (Å²) < 4.78 is 5.33. The minimum absolute atomic E-state index is 0.125. The number of hydrogen-bond acceptors (Lipinski definition) is 4. The molecule has 0 saturated carbocycles. The number of carboxylic acid groups (broad SMARTS) is 1. The van der Waals surface area contributed by atoms with Crippen molar-refractivity contribution in [2.45, 2.75) is 0 Å². The molecule has 0 unspecified atom stereocenters. The molecule has 0 aliphatic rings. The van der Waals surface area contributed by atoms with E-state index in [0.717, 1.165) is 6.54 Å². The molecule has 0 aromatic heterocycles. The number of nitrogens with zero attached hydrogens (tertiary/aromatic N) is 1. The van der Waals surface area contributed by atoms with E-state index in [2.05, 4.69) is 10.6 Å². The number of amides is 2. The van der Waals surface area contributed by atoms with Crippen LogP contribution < -0.4 is 10.6 Å². The van der Waals surface area contributed by atoms with Crippen LogP contribution in [0.3, 0.4) is 0 Å². The van der Waals surface area contributed by atoms with Gasteiger partial charge in [0.2, 0.25) is 0 Å². The Morgan fingerprint density at radius 2 is 2.05 bits per heavy atom. The first kappa shape index (κ1) is 16.9. The number of carbonyl (C=O) groups excluding carboxylic acids is 1. The molecule has 2 amide bonds. The maximum absolute atomic E-state index is 11.6. The summed E-state index contributed by atoms with van der Waals surface area (Å²) >= 11 is 0. The highest BCUT2D eigenvalue weighted by Crippen LogP contribution is 2.10. The van der Waals surface area contributed by atoms with Crippen LogP contribution in [0.1, 0.15) is 10.4 Å². The average molecular weight is 295 g/mol. The van der Waals surface area contributed by atoms with E-state index in [-0.39, 0.29) is 5.56 Å². The number of ether oxygens (including phenoxy) is 1. The van der Waals surface area contributed by atoms with E-state index in [9.17, 15) is 9.59 Å². The Labute approximate surface area is 123 Å². The lowest BCUT2D eigenvalue weighted by Gasteiger charge is -2.11. The summed E-state index contributed by atoms with van der Waals surface area (Å²) in [5.74, 6) is -1.03. The number of carbonyl (C=O) groups is 2. The van der Waals surface area contributed by atoms with Crippen molar-refractivity contribution in [2.75, 3.05) is 45.7 Å². The molecule has 21 heavy (non-hydrogen) atoms. The van der Waals surface area contributed by atoms with Crippen LogP contribution in [0.2, 0.25) is 0 Å². The van der Waals surface area contributed by atoms with Gasteiger partial charge in [-0.3, -0.25) is 0 Å². The zero-order valence-electron chi connectivity index (χ0n) is 12.3. The molecule has 0 bridgehead atoms. The van der Waals surface area contributed by atoms with Crippen LogP contribution in [0.4, 0.5) is 10.5 Å². The van der Waals surface area contributed by atoms with Gasteiger partial charge in [-0.05, 0) is 32.3 Å². The van der Waals surface area contributed by atoms with Gasteiger partial charge in [-0.1, -0.05) is 6.07 Å². The SMILES string of the molecule is CN(C)CCOCCNC(=O)Nc1cccc(C(=O)O)c1. The molecule has 7 heteroatoms. The highest BCUT2D eigenvalue weighted by atomic mass is 16.5. The minimum Gasteiger partial charge on any atom is -0.478 e. The molecular weight excluding hydrogens is 274 g/mol. The smallest absolute Gasteiger partial charge is 0.335 e. The number of benzene rings is 1. The van der Waals surface area contributed by atoms with Crippen molar-refractivity contribution < 1.29 is 19.4 Å².